The van der Waals surface area contributed by atoms with Gasteiger partial charge in [0.15, 0.2) is 15.6 Å². The summed E-state index contributed by atoms with van der Waals surface area (Å²) in [4.78, 5) is 11.9. The Morgan fingerprint density at radius 3 is 2.68 bits per heavy atom. The summed E-state index contributed by atoms with van der Waals surface area (Å²) in [7, 11) is -1.89. The summed E-state index contributed by atoms with van der Waals surface area (Å²) >= 11 is 6.00. The molecule has 6 nitrogen and oxygen atoms in total. The van der Waals surface area contributed by atoms with Gasteiger partial charge in [-0.1, -0.05) is 29.8 Å². The highest BCUT2D eigenvalue weighted by Gasteiger charge is 2.19. The highest BCUT2D eigenvalue weighted by Crippen LogP contribution is 2.20. The van der Waals surface area contributed by atoms with Crippen LogP contribution in [0.1, 0.15) is 28.3 Å². The zero-order valence-electron chi connectivity index (χ0n) is 13.8. The van der Waals surface area contributed by atoms with Gasteiger partial charge in [0.2, 0.25) is 0 Å². The van der Waals surface area contributed by atoms with Crippen LogP contribution in [-0.4, -0.2) is 34.6 Å². The van der Waals surface area contributed by atoms with Crippen molar-refractivity contribution in [2.75, 3.05) is 20.3 Å². The third-order valence-corrected chi connectivity index (χ3v) is 5.24. The van der Waals surface area contributed by atoms with Crippen LogP contribution in [0.2, 0.25) is 5.02 Å². The number of carbonyl (C=O) groups excluding carboxylic acids is 1. The number of amides is 1. The number of halogens is 1. The molecule has 1 aromatic heterocycles. The van der Waals surface area contributed by atoms with Gasteiger partial charge in [0.05, 0.1) is 5.75 Å². The number of hydrogen-bond donors (Lipinski definition) is 1. The van der Waals surface area contributed by atoms with Gasteiger partial charge in [-0.2, -0.15) is 0 Å². The van der Waals surface area contributed by atoms with E-state index in [1.807, 2.05) is 0 Å². The third kappa shape index (κ3) is 6.19. The number of carbonyl (C=O) groups is 1. The van der Waals surface area contributed by atoms with Crippen LogP contribution in [0.25, 0.3) is 0 Å². The molecule has 0 radical (unpaired) electrons. The number of methoxy groups -OCH3 is 1. The predicted octanol–water partition coefficient (Wildman–Crippen LogP) is 2.81. The van der Waals surface area contributed by atoms with E-state index in [4.69, 9.17) is 20.8 Å². The Kier molecular flexibility index (Phi) is 7.04. The molecular weight excluding hydrogens is 366 g/mol. The molecule has 0 saturated carbocycles. The van der Waals surface area contributed by atoms with Crippen molar-refractivity contribution in [3.05, 3.63) is 58.5 Å². The van der Waals surface area contributed by atoms with Crippen LogP contribution in [0.4, 0.5) is 0 Å². The van der Waals surface area contributed by atoms with Crippen molar-refractivity contribution >= 4 is 27.3 Å². The lowest BCUT2D eigenvalue weighted by Crippen LogP contribution is -2.24. The van der Waals surface area contributed by atoms with E-state index in [1.54, 1.807) is 31.4 Å². The van der Waals surface area contributed by atoms with Gasteiger partial charge in [0.1, 0.15) is 11.5 Å². The summed E-state index contributed by atoms with van der Waals surface area (Å²) in [6, 6.07) is 9.74. The average Bonchev–Trinajstić information content (AvgIpc) is 3.01. The van der Waals surface area contributed by atoms with Gasteiger partial charge in [-0.05, 0) is 30.2 Å². The second-order valence-electron chi connectivity index (χ2n) is 5.49. The quantitative estimate of drug-likeness (QED) is 0.671. The van der Waals surface area contributed by atoms with Gasteiger partial charge in [-0.25, -0.2) is 8.42 Å². The maximum absolute atomic E-state index is 12.3. The van der Waals surface area contributed by atoms with Crippen LogP contribution >= 0.6 is 11.6 Å². The van der Waals surface area contributed by atoms with Crippen molar-refractivity contribution in [1.29, 1.82) is 0 Å². The van der Waals surface area contributed by atoms with E-state index < -0.39 is 9.84 Å². The minimum absolute atomic E-state index is 0.0837. The molecule has 0 saturated heterocycles. The lowest BCUT2D eigenvalue weighted by Gasteiger charge is -2.05. The van der Waals surface area contributed by atoms with Crippen molar-refractivity contribution in [2.45, 2.75) is 17.9 Å². The second kappa shape index (κ2) is 9.03. The first kappa shape index (κ1) is 19.5. The van der Waals surface area contributed by atoms with E-state index in [9.17, 15) is 13.2 Å². The minimum Gasteiger partial charge on any atom is -0.455 e. The summed E-state index contributed by atoms with van der Waals surface area (Å²) in [6.45, 7) is 0.998. The normalized spacial score (nSPS) is 11.4. The zero-order chi connectivity index (χ0) is 18.3. The summed E-state index contributed by atoms with van der Waals surface area (Å²) < 4.78 is 34.9. The highest BCUT2D eigenvalue weighted by molar-refractivity contribution is 7.89. The van der Waals surface area contributed by atoms with Gasteiger partial charge >= 0.3 is 0 Å². The first-order valence-corrected chi connectivity index (χ1v) is 9.91. The van der Waals surface area contributed by atoms with Gasteiger partial charge in [0.25, 0.3) is 5.91 Å². The minimum atomic E-state index is -3.47. The van der Waals surface area contributed by atoms with E-state index in [2.05, 4.69) is 5.32 Å². The first-order chi connectivity index (χ1) is 11.9. The number of nitrogens with one attached hydrogen (secondary N) is 1. The van der Waals surface area contributed by atoms with Gasteiger partial charge in [0, 0.05) is 25.3 Å². The maximum atomic E-state index is 12.3. The Hall–Kier alpha value is -1.83. The molecule has 0 bridgehead atoms. The van der Waals surface area contributed by atoms with Crippen molar-refractivity contribution < 1.29 is 22.4 Å². The second-order valence-corrected chi connectivity index (χ2v) is 7.96. The monoisotopic (exact) mass is 385 g/mol. The summed E-state index contributed by atoms with van der Waals surface area (Å²) in [5.74, 6) is -0.568. The van der Waals surface area contributed by atoms with E-state index in [0.29, 0.717) is 30.2 Å². The fourth-order valence-electron chi connectivity index (χ4n) is 2.20. The Balaban J connectivity index is 1.95. The average molecular weight is 386 g/mol. The molecule has 136 valence electrons. The van der Waals surface area contributed by atoms with Crippen LogP contribution in [0.5, 0.6) is 0 Å². The molecule has 25 heavy (non-hydrogen) atoms. The van der Waals surface area contributed by atoms with Crippen LogP contribution < -0.4 is 5.32 Å². The standard InChI is InChI=1S/C17H20ClNO5S/c1-23-10-4-9-19-17(20)16-8-7-14(24-16)12-25(21,22)11-13-5-2-3-6-15(13)18/h2-3,5-8H,4,9-12H2,1H3,(H,19,20). The number of ether oxygens (including phenoxy) is 1. The molecule has 0 atom stereocenters. The smallest absolute Gasteiger partial charge is 0.286 e. The van der Waals surface area contributed by atoms with Gasteiger partial charge < -0.3 is 14.5 Å². The van der Waals surface area contributed by atoms with E-state index >= 15 is 0 Å². The number of rotatable bonds is 9. The van der Waals surface area contributed by atoms with E-state index in [0.717, 1.165) is 0 Å². The number of benzene rings is 1. The number of hydrogen-bond acceptors (Lipinski definition) is 5. The predicted molar refractivity (Wildman–Crippen MR) is 95.3 cm³/mol. The van der Waals surface area contributed by atoms with Crippen LogP contribution in [0.15, 0.2) is 40.8 Å². The lowest BCUT2D eigenvalue weighted by molar-refractivity contribution is 0.0919. The molecule has 8 heteroatoms. The summed E-state index contributed by atoms with van der Waals surface area (Å²) in [5.41, 5.74) is 0.534. The van der Waals surface area contributed by atoms with Crippen LogP contribution in [0.3, 0.4) is 0 Å². The molecule has 1 aromatic carbocycles. The molecule has 1 N–H and O–H groups in total. The van der Waals surface area contributed by atoms with Crippen LogP contribution in [-0.2, 0) is 26.1 Å². The molecule has 2 aromatic rings. The number of sulfone groups is 1. The molecule has 0 aliphatic heterocycles. The van der Waals surface area contributed by atoms with E-state index in [-0.39, 0.29) is 28.9 Å². The topological polar surface area (TPSA) is 85.6 Å². The van der Waals surface area contributed by atoms with Crippen molar-refractivity contribution in [1.82, 2.24) is 5.32 Å². The first-order valence-electron chi connectivity index (χ1n) is 7.71. The highest BCUT2D eigenvalue weighted by atomic mass is 35.5. The SMILES string of the molecule is COCCCNC(=O)c1ccc(CS(=O)(=O)Cc2ccccc2Cl)o1. The molecule has 0 unspecified atom stereocenters. The Morgan fingerprint density at radius 1 is 1.20 bits per heavy atom. The van der Waals surface area contributed by atoms with E-state index in [1.165, 1.54) is 12.1 Å². The number of furan rings is 1. The van der Waals surface area contributed by atoms with Gasteiger partial charge in [-0.15, -0.1) is 0 Å². The van der Waals surface area contributed by atoms with Crippen molar-refractivity contribution in [3.63, 3.8) is 0 Å². The largest absolute Gasteiger partial charge is 0.455 e. The van der Waals surface area contributed by atoms with Gasteiger partial charge in [-0.3, -0.25) is 4.79 Å². The van der Waals surface area contributed by atoms with Crippen molar-refractivity contribution in [2.24, 2.45) is 0 Å². The van der Waals surface area contributed by atoms with Crippen LogP contribution in [0, 0.1) is 0 Å². The fourth-order valence-corrected chi connectivity index (χ4v) is 3.90. The zero-order valence-corrected chi connectivity index (χ0v) is 15.4. The molecule has 0 fully saturated rings. The molecule has 2 rings (SSSR count). The lowest BCUT2D eigenvalue weighted by atomic mass is 10.2. The molecular formula is C17H20ClNO5S. The molecule has 0 spiro atoms. The fraction of sp³-hybridized carbons (Fsp3) is 0.353. The third-order valence-electron chi connectivity index (χ3n) is 3.39. The Morgan fingerprint density at radius 2 is 1.96 bits per heavy atom. The Labute approximate surface area is 152 Å². The van der Waals surface area contributed by atoms with Crippen molar-refractivity contribution in [3.8, 4) is 0 Å². The molecule has 0 aliphatic rings. The Bertz CT molecular complexity index is 816. The summed E-state index contributed by atoms with van der Waals surface area (Å²) in [5, 5.41) is 3.08. The summed E-state index contributed by atoms with van der Waals surface area (Å²) in [6.07, 6.45) is 0.683. The molecule has 0 aliphatic carbocycles. The molecule has 1 amide bonds. The molecule has 1 heterocycles. The maximum Gasteiger partial charge on any atom is 0.286 e.